The maximum Gasteiger partial charge on any atom is 0.331 e. The van der Waals surface area contributed by atoms with Gasteiger partial charge in [0.25, 0.3) is 0 Å². The van der Waals surface area contributed by atoms with Gasteiger partial charge in [0.05, 0.1) is 12.0 Å². The third kappa shape index (κ3) is 2.43. The third-order valence-electron chi connectivity index (χ3n) is 1.70. The molecule has 13 heavy (non-hydrogen) atoms. The van der Waals surface area contributed by atoms with Crippen molar-refractivity contribution in [1.29, 1.82) is 0 Å². The number of aryl methyl sites for hydroxylation is 1. The number of rotatable bonds is 3. The summed E-state index contributed by atoms with van der Waals surface area (Å²) in [6, 6.07) is 0. The van der Waals surface area contributed by atoms with Gasteiger partial charge in [-0.2, -0.15) is 0 Å². The molecule has 0 saturated heterocycles. The summed E-state index contributed by atoms with van der Waals surface area (Å²) in [4.78, 5) is 14.6. The normalized spacial score (nSPS) is 11.7. The van der Waals surface area contributed by atoms with Gasteiger partial charge in [-0.05, 0) is 12.5 Å². The molecule has 0 bridgehead atoms. The Hall–Kier alpha value is -1.58. The van der Waals surface area contributed by atoms with E-state index < -0.39 is 5.97 Å². The second-order valence-electron chi connectivity index (χ2n) is 2.79. The van der Waals surface area contributed by atoms with Crippen molar-refractivity contribution in [3.63, 3.8) is 0 Å². The summed E-state index contributed by atoms with van der Waals surface area (Å²) in [5.41, 5.74) is 1.06. The molecule has 0 fully saturated rings. The first kappa shape index (κ1) is 9.51. The molecule has 0 aliphatic rings. The standard InChI is InChI=1S/C9H12N2O2/c1-3-7(9(12)13)4-8-5-11(2)6-10-8/h4-6H,3H2,1-2H3,(H,12,13)/b7-4+. The average Bonchev–Trinajstić information content (AvgIpc) is 2.46. The Morgan fingerprint density at radius 2 is 2.46 bits per heavy atom. The van der Waals surface area contributed by atoms with Gasteiger partial charge in [0.15, 0.2) is 0 Å². The van der Waals surface area contributed by atoms with Crippen molar-refractivity contribution in [2.45, 2.75) is 13.3 Å². The highest BCUT2D eigenvalue weighted by molar-refractivity contribution is 5.91. The number of carboxylic acids is 1. The predicted molar refractivity (Wildman–Crippen MR) is 49.1 cm³/mol. The van der Waals surface area contributed by atoms with Gasteiger partial charge < -0.3 is 9.67 Å². The zero-order chi connectivity index (χ0) is 9.84. The molecule has 1 rings (SSSR count). The number of aromatic nitrogens is 2. The zero-order valence-corrected chi connectivity index (χ0v) is 7.69. The Labute approximate surface area is 76.5 Å². The Morgan fingerprint density at radius 3 is 2.85 bits per heavy atom. The van der Waals surface area contributed by atoms with Gasteiger partial charge in [0.1, 0.15) is 0 Å². The SMILES string of the molecule is CC/C(=C\c1cn(C)cn1)C(=O)O. The highest BCUT2D eigenvalue weighted by atomic mass is 16.4. The van der Waals surface area contributed by atoms with Crippen LogP contribution < -0.4 is 0 Å². The lowest BCUT2D eigenvalue weighted by Crippen LogP contribution is -1.98. The fraction of sp³-hybridized carbons (Fsp3) is 0.333. The number of aliphatic carboxylic acids is 1. The van der Waals surface area contributed by atoms with E-state index in [9.17, 15) is 4.79 Å². The first-order valence-electron chi connectivity index (χ1n) is 4.05. The quantitative estimate of drug-likeness (QED) is 0.713. The van der Waals surface area contributed by atoms with Gasteiger partial charge >= 0.3 is 5.97 Å². The number of carboxylic acid groups (broad SMARTS) is 1. The van der Waals surface area contributed by atoms with Crippen LogP contribution in [-0.4, -0.2) is 20.6 Å². The van der Waals surface area contributed by atoms with Crippen molar-refractivity contribution in [3.05, 3.63) is 23.8 Å². The van der Waals surface area contributed by atoms with Crippen molar-refractivity contribution in [1.82, 2.24) is 9.55 Å². The number of carbonyl (C=O) groups is 1. The van der Waals surface area contributed by atoms with Crippen LogP contribution in [0.25, 0.3) is 6.08 Å². The van der Waals surface area contributed by atoms with E-state index in [1.165, 1.54) is 0 Å². The van der Waals surface area contributed by atoms with Gasteiger partial charge in [-0.15, -0.1) is 0 Å². The van der Waals surface area contributed by atoms with Crippen LogP contribution in [0.5, 0.6) is 0 Å². The predicted octanol–water partition coefficient (Wildman–Crippen LogP) is 1.30. The van der Waals surface area contributed by atoms with Crippen LogP contribution in [0, 0.1) is 0 Å². The van der Waals surface area contributed by atoms with E-state index in [2.05, 4.69) is 4.98 Å². The van der Waals surface area contributed by atoms with Crippen LogP contribution >= 0.6 is 0 Å². The Balaban J connectivity index is 2.91. The Morgan fingerprint density at radius 1 is 1.77 bits per heavy atom. The van der Waals surface area contributed by atoms with Crippen LogP contribution in [0.1, 0.15) is 19.0 Å². The Bertz CT molecular complexity index is 339. The van der Waals surface area contributed by atoms with Gasteiger partial charge in [-0.1, -0.05) is 6.92 Å². The number of nitrogens with zero attached hydrogens (tertiary/aromatic N) is 2. The van der Waals surface area contributed by atoms with E-state index >= 15 is 0 Å². The van der Waals surface area contributed by atoms with Crippen molar-refractivity contribution >= 4 is 12.0 Å². The molecule has 0 aliphatic heterocycles. The minimum Gasteiger partial charge on any atom is -0.478 e. The molecule has 1 aromatic rings. The first-order chi connectivity index (χ1) is 6.13. The Kier molecular flexibility index (Phi) is 2.84. The molecule has 4 heteroatoms. The van der Waals surface area contributed by atoms with Gasteiger partial charge in [0.2, 0.25) is 0 Å². The molecular formula is C9H12N2O2. The van der Waals surface area contributed by atoms with Crippen LogP contribution in [0.4, 0.5) is 0 Å². The molecule has 0 radical (unpaired) electrons. The van der Waals surface area contributed by atoms with Crippen LogP contribution in [0.15, 0.2) is 18.1 Å². The van der Waals surface area contributed by atoms with Crippen LogP contribution in [0.2, 0.25) is 0 Å². The minimum atomic E-state index is -0.881. The van der Waals surface area contributed by atoms with E-state index in [-0.39, 0.29) is 0 Å². The average molecular weight is 180 g/mol. The molecule has 0 unspecified atom stereocenters. The summed E-state index contributed by atoms with van der Waals surface area (Å²) in [7, 11) is 1.84. The molecule has 0 spiro atoms. The maximum absolute atomic E-state index is 10.6. The van der Waals surface area contributed by atoms with E-state index in [0.29, 0.717) is 17.7 Å². The lowest BCUT2D eigenvalue weighted by molar-refractivity contribution is -0.132. The summed E-state index contributed by atoms with van der Waals surface area (Å²) >= 11 is 0. The fourth-order valence-electron chi connectivity index (χ4n) is 1.00. The van der Waals surface area contributed by atoms with Crippen molar-refractivity contribution in [2.24, 2.45) is 7.05 Å². The molecule has 0 atom stereocenters. The molecule has 0 saturated carbocycles. The highest BCUT2D eigenvalue weighted by Crippen LogP contribution is 2.07. The smallest absolute Gasteiger partial charge is 0.331 e. The number of hydrogen-bond acceptors (Lipinski definition) is 2. The zero-order valence-electron chi connectivity index (χ0n) is 7.69. The second kappa shape index (κ2) is 3.89. The molecule has 4 nitrogen and oxygen atoms in total. The van der Waals surface area contributed by atoms with E-state index in [0.717, 1.165) is 0 Å². The molecule has 70 valence electrons. The number of imidazole rings is 1. The molecule has 0 aliphatic carbocycles. The number of hydrogen-bond donors (Lipinski definition) is 1. The summed E-state index contributed by atoms with van der Waals surface area (Å²) < 4.78 is 1.78. The molecular weight excluding hydrogens is 168 g/mol. The van der Waals surface area contributed by atoms with Crippen molar-refractivity contribution < 1.29 is 9.90 Å². The van der Waals surface area contributed by atoms with E-state index in [1.54, 1.807) is 23.2 Å². The monoisotopic (exact) mass is 180 g/mol. The van der Waals surface area contributed by atoms with Gasteiger partial charge in [0, 0.05) is 18.8 Å². The largest absolute Gasteiger partial charge is 0.478 e. The van der Waals surface area contributed by atoms with Gasteiger partial charge in [-0.25, -0.2) is 9.78 Å². The van der Waals surface area contributed by atoms with Crippen molar-refractivity contribution in [2.75, 3.05) is 0 Å². The maximum atomic E-state index is 10.6. The minimum absolute atomic E-state index is 0.374. The summed E-state index contributed by atoms with van der Waals surface area (Å²) in [5.74, 6) is -0.881. The summed E-state index contributed by atoms with van der Waals surface area (Å²) in [6.45, 7) is 1.81. The molecule has 0 amide bonds. The lowest BCUT2D eigenvalue weighted by atomic mass is 10.2. The summed E-state index contributed by atoms with van der Waals surface area (Å²) in [6.07, 6.45) is 5.51. The van der Waals surface area contributed by atoms with Crippen LogP contribution in [-0.2, 0) is 11.8 Å². The molecule has 1 aromatic heterocycles. The fourth-order valence-corrected chi connectivity index (χ4v) is 1.00. The van der Waals surface area contributed by atoms with E-state index in [1.807, 2.05) is 14.0 Å². The van der Waals surface area contributed by atoms with Crippen LogP contribution in [0.3, 0.4) is 0 Å². The molecule has 0 aromatic carbocycles. The first-order valence-corrected chi connectivity index (χ1v) is 4.05. The topological polar surface area (TPSA) is 55.1 Å². The highest BCUT2D eigenvalue weighted by Gasteiger charge is 2.04. The van der Waals surface area contributed by atoms with E-state index in [4.69, 9.17) is 5.11 Å². The lowest BCUT2D eigenvalue weighted by Gasteiger charge is -1.94. The third-order valence-corrected chi connectivity index (χ3v) is 1.70. The second-order valence-corrected chi connectivity index (χ2v) is 2.79. The molecule has 1 heterocycles. The summed E-state index contributed by atoms with van der Waals surface area (Å²) in [5, 5.41) is 8.74. The van der Waals surface area contributed by atoms with Crippen molar-refractivity contribution in [3.8, 4) is 0 Å². The van der Waals surface area contributed by atoms with Gasteiger partial charge in [-0.3, -0.25) is 0 Å². The molecule has 1 N–H and O–H groups in total.